The van der Waals surface area contributed by atoms with Crippen molar-refractivity contribution in [3.8, 4) is 0 Å². The quantitative estimate of drug-likeness (QED) is 0.737. The largest absolute Gasteiger partial charge is 0.349 e. The minimum Gasteiger partial charge on any atom is -0.349 e. The van der Waals surface area contributed by atoms with Crippen molar-refractivity contribution >= 4 is 16.8 Å². The van der Waals surface area contributed by atoms with E-state index in [9.17, 15) is 9.59 Å². The second-order valence-corrected chi connectivity index (χ2v) is 6.57. The molecule has 0 bridgehead atoms. The molecule has 134 valence electrons. The highest BCUT2D eigenvalue weighted by Crippen LogP contribution is 2.12. The van der Waals surface area contributed by atoms with Gasteiger partial charge in [0.15, 0.2) is 0 Å². The Labute approximate surface area is 153 Å². The average Bonchev–Trinajstić information content (AvgIpc) is 2.67. The lowest BCUT2D eigenvalue weighted by Crippen LogP contribution is -2.36. The molecule has 26 heavy (non-hydrogen) atoms. The molecule has 0 aliphatic heterocycles. The van der Waals surface area contributed by atoms with Crippen LogP contribution in [0, 0.1) is 0 Å². The number of para-hydroxylation sites is 1. The van der Waals surface area contributed by atoms with Crippen molar-refractivity contribution in [1.82, 2.24) is 9.88 Å². The fourth-order valence-electron chi connectivity index (χ4n) is 3.17. The van der Waals surface area contributed by atoms with Gasteiger partial charge >= 0.3 is 0 Å². The fraction of sp³-hybridized carbons (Fsp3) is 0.273. The van der Waals surface area contributed by atoms with E-state index in [1.165, 1.54) is 5.56 Å². The van der Waals surface area contributed by atoms with Gasteiger partial charge in [-0.05, 0) is 44.4 Å². The zero-order valence-electron chi connectivity index (χ0n) is 15.2. The number of nitrogens with one attached hydrogen (secondary N) is 1. The number of hydrogen-bond acceptors (Lipinski definition) is 2. The molecule has 2 aromatic carbocycles. The van der Waals surface area contributed by atoms with Gasteiger partial charge in [-0.1, -0.05) is 42.5 Å². The van der Waals surface area contributed by atoms with Gasteiger partial charge < -0.3 is 9.88 Å². The molecule has 3 aromatic rings. The maximum atomic E-state index is 12.7. The van der Waals surface area contributed by atoms with E-state index in [0.29, 0.717) is 11.9 Å². The van der Waals surface area contributed by atoms with Gasteiger partial charge in [-0.2, -0.15) is 0 Å². The molecule has 0 fully saturated rings. The molecule has 0 aliphatic rings. The zero-order valence-corrected chi connectivity index (χ0v) is 15.2. The van der Waals surface area contributed by atoms with Crippen LogP contribution in [0.15, 0.2) is 65.6 Å². The summed E-state index contributed by atoms with van der Waals surface area (Å²) in [5, 5.41) is 3.55. The first kappa shape index (κ1) is 17.9. The summed E-state index contributed by atoms with van der Waals surface area (Å²) in [6.45, 7) is 4.67. The molecule has 1 aromatic heterocycles. The summed E-state index contributed by atoms with van der Waals surface area (Å²) in [6, 6.07) is 17.6. The monoisotopic (exact) mass is 348 g/mol. The third kappa shape index (κ3) is 3.85. The van der Waals surface area contributed by atoms with Crippen LogP contribution in [0.2, 0.25) is 0 Å². The molecule has 4 nitrogen and oxygen atoms in total. The number of hydrogen-bond donors (Lipinski definition) is 1. The second-order valence-electron chi connectivity index (χ2n) is 6.57. The van der Waals surface area contributed by atoms with Crippen molar-refractivity contribution in [3.63, 3.8) is 0 Å². The van der Waals surface area contributed by atoms with Gasteiger partial charge in [0.25, 0.3) is 5.91 Å². The topological polar surface area (TPSA) is 51.1 Å². The number of carbonyl (C=O) groups excluding carboxylic acids is 1. The number of aryl methyl sites for hydroxylation is 2. The first-order valence-corrected chi connectivity index (χ1v) is 9.07. The van der Waals surface area contributed by atoms with Crippen LogP contribution in [0.25, 0.3) is 10.9 Å². The molecule has 0 radical (unpaired) electrons. The summed E-state index contributed by atoms with van der Waals surface area (Å²) >= 11 is 0. The van der Waals surface area contributed by atoms with E-state index >= 15 is 0 Å². The van der Waals surface area contributed by atoms with Gasteiger partial charge in [0.2, 0.25) is 5.43 Å². The number of rotatable bonds is 6. The molecule has 4 heteroatoms. The van der Waals surface area contributed by atoms with Crippen molar-refractivity contribution in [2.75, 3.05) is 0 Å². The van der Waals surface area contributed by atoms with Crippen LogP contribution in [-0.2, 0) is 13.0 Å². The first-order chi connectivity index (χ1) is 12.6. The highest BCUT2D eigenvalue weighted by molar-refractivity contribution is 5.97. The Morgan fingerprint density at radius 2 is 1.77 bits per heavy atom. The molecule has 1 amide bonds. The summed E-state index contributed by atoms with van der Waals surface area (Å²) in [4.78, 5) is 25.4. The average molecular weight is 348 g/mol. The smallest absolute Gasteiger partial charge is 0.256 e. The molecule has 1 atom stereocenters. The van der Waals surface area contributed by atoms with Gasteiger partial charge in [0.1, 0.15) is 5.56 Å². The lowest BCUT2D eigenvalue weighted by atomic mass is 10.1. The van der Waals surface area contributed by atoms with E-state index in [2.05, 4.69) is 17.4 Å². The highest BCUT2D eigenvalue weighted by Gasteiger charge is 2.16. The van der Waals surface area contributed by atoms with Crippen LogP contribution in [0.4, 0.5) is 0 Å². The second kappa shape index (κ2) is 8.00. The van der Waals surface area contributed by atoms with E-state index < -0.39 is 0 Å². The van der Waals surface area contributed by atoms with E-state index in [1.807, 2.05) is 54.8 Å². The Balaban J connectivity index is 1.77. The Kier molecular flexibility index (Phi) is 5.52. The molecule has 3 rings (SSSR count). The molecule has 1 heterocycles. The minimum atomic E-state index is -0.302. The molecule has 1 N–H and O–H groups in total. The van der Waals surface area contributed by atoms with Crippen LogP contribution in [0.3, 0.4) is 0 Å². The third-order valence-electron chi connectivity index (χ3n) is 4.66. The molecular weight excluding hydrogens is 324 g/mol. The Bertz CT molecular complexity index is 961. The van der Waals surface area contributed by atoms with Gasteiger partial charge in [-0.15, -0.1) is 0 Å². The summed E-state index contributed by atoms with van der Waals surface area (Å²) in [7, 11) is 0. The van der Waals surface area contributed by atoms with E-state index in [4.69, 9.17) is 0 Å². The van der Waals surface area contributed by atoms with E-state index in [-0.39, 0.29) is 22.9 Å². The maximum Gasteiger partial charge on any atom is 0.256 e. The number of carbonyl (C=O) groups is 1. The summed E-state index contributed by atoms with van der Waals surface area (Å²) < 4.78 is 1.94. The van der Waals surface area contributed by atoms with Gasteiger partial charge in [-0.3, -0.25) is 9.59 Å². The van der Waals surface area contributed by atoms with Gasteiger partial charge in [0.05, 0.1) is 5.52 Å². The van der Waals surface area contributed by atoms with Crippen molar-refractivity contribution in [2.24, 2.45) is 0 Å². The number of benzene rings is 2. The van der Waals surface area contributed by atoms with Crippen molar-refractivity contribution in [3.05, 3.63) is 82.1 Å². The van der Waals surface area contributed by atoms with Gasteiger partial charge in [0, 0.05) is 24.2 Å². The van der Waals surface area contributed by atoms with Crippen molar-refractivity contribution in [1.29, 1.82) is 0 Å². The summed E-state index contributed by atoms with van der Waals surface area (Å²) in [5.74, 6) is -0.302. The van der Waals surface area contributed by atoms with Crippen LogP contribution < -0.4 is 10.7 Å². The van der Waals surface area contributed by atoms with Crippen molar-refractivity contribution < 1.29 is 4.79 Å². The SMILES string of the molecule is CCn1cc(C(=O)N[C@@H](C)CCc2ccccc2)c(=O)c2ccccc21. The number of aromatic nitrogens is 1. The number of pyridine rings is 1. The maximum absolute atomic E-state index is 12.7. The Hall–Kier alpha value is -2.88. The summed E-state index contributed by atoms with van der Waals surface area (Å²) in [6.07, 6.45) is 3.38. The molecule has 0 unspecified atom stereocenters. The minimum absolute atomic E-state index is 0.0105. The van der Waals surface area contributed by atoms with Gasteiger partial charge in [-0.25, -0.2) is 0 Å². The normalized spacial score (nSPS) is 12.1. The number of fused-ring (bicyclic) bond motifs is 1. The Morgan fingerprint density at radius 3 is 2.50 bits per heavy atom. The van der Waals surface area contributed by atoms with Crippen LogP contribution in [0.5, 0.6) is 0 Å². The zero-order chi connectivity index (χ0) is 18.5. The van der Waals surface area contributed by atoms with Crippen LogP contribution in [-0.4, -0.2) is 16.5 Å². The van der Waals surface area contributed by atoms with Crippen LogP contribution in [0.1, 0.15) is 36.2 Å². The van der Waals surface area contributed by atoms with E-state index in [0.717, 1.165) is 18.4 Å². The molecule has 0 saturated heterocycles. The third-order valence-corrected chi connectivity index (χ3v) is 4.66. The lowest BCUT2D eigenvalue weighted by molar-refractivity contribution is 0.0937. The number of nitrogens with zero attached hydrogens (tertiary/aromatic N) is 1. The molecule has 0 spiro atoms. The number of amides is 1. The molecule has 0 aliphatic carbocycles. The van der Waals surface area contributed by atoms with E-state index in [1.54, 1.807) is 12.3 Å². The molecule has 0 saturated carbocycles. The highest BCUT2D eigenvalue weighted by atomic mass is 16.2. The Morgan fingerprint density at radius 1 is 1.08 bits per heavy atom. The molecular formula is C22H24N2O2. The first-order valence-electron chi connectivity index (χ1n) is 9.07. The predicted molar refractivity (Wildman–Crippen MR) is 106 cm³/mol. The van der Waals surface area contributed by atoms with Crippen molar-refractivity contribution in [2.45, 2.75) is 39.3 Å². The summed E-state index contributed by atoms with van der Waals surface area (Å²) in [5.41, 5.74) is 2.09. The predicted octanol–water partition coefficient (Wildman–Crippen LogP) is 3.77. The fourth-order valence-corrected chi connectivity index (χ4v) is 3.17. The van der Waals surface area contributed by atoms with Crippen LogP contribution >= 0.6 is 0 Å². The standard InChI is InChI=1S/C22H24N2O2/c1-3-24-15-19(21(25)18-11-7-8-12-20(18)24)22(26)23-16(2)13-14-17-9-5-4-6-10-17/h4-12,15-16H,3,13-14H2,1-2H3,(H,23,26)/t16-/m0/s1. The lowest BCUT2D eigenvalue weighted by Gasteiger charge is -2.15.